The minimum atomic E-state index is 0.949. The molecule has 0 amide bonds. The highest BCUT2D eigenvalue weighted by Gasteiger charge is 2.17. The Balaban J connectivity index is 0.0000000952. The lowest BCUT2D eigenvalue weighted by atomic mass is 9.99. The summed E-state index contributed by atoms with van der Waals surface area (Å²) in [4.78, 5) is 0. The standard InChI is InChI=1S/2C19H14O.4C19H14S/c1-13-10-11-16-18(12-13)20-17-9-5-8-15(19(16)17)14-6-3-2-4-7-14;1-13-7-9-16-17-12-15(14-5-3-2-4-6-14)8-10-18(17)20-19(16)11-13;1-13-10-11-16-18(12-13)20-17-9-5-8-15(19(16)17)14-6-3-2-4-7-14;1-13-10-11-16-17-9-5-8-15(14-6-3-2-4-7-14)19(17)20-18(16)12-13;1-13-7-9-16-17-12-15(14-5-3-2-4-6-14)8-10-18(17)20-19(16)11-13;1-13-7-9-16-17-10-8-15(14-5-3-2-4-6-14)12-19(17)20-18(16)11-13/h6*2-12H,1H3. The van der Waals surface area contributed by atoms with E-state index in [-0.39, 0.29) is 0 Å². The number of rotatable bonds is 6. The van der Waals surface area contributed by atoms with Crippen molar-refractivity contribution in [1.29, 1.82) is 0 Å². The summed E-state index contributed by atoms with van der Waals surface area (Å²) in [5, 5.41) is 15.7. The zero-order chi connectivity index (χ0) is 81.2. The lowest BCUT2D eigenvalue weighted by molar-refractivity contribution is 0.668. The van der Waals surface area contributed by atoms with Gasteiger partial charge in [0.05, 0.1) is 0 Å². The molecule has 18 aromatic carbocycles. The number of benzene rings is 18. The average molecular weight is 1610 g/mol. The smallest absolute Gasteiger partial charge is 0.136 e. The predicted octanol–water partition coefficient (Wildman–Crippen LogP) is 35.2. The number of thiophene rings is 4. The number of hydrogen-bond acceptors (Lipinski definition) is 6. The lowest BCUT2D eigenvalue weighted by Gasteiger charge is -2.04. The molecule has 0 aliphatic heterocycles. The van der Waals surface area contributed by atoms with Gasteiger partial charge in [0.2, 0.25) is 0 Å². The van der Waals surface area contributed by atoms with Crippen LogP contribution in [0.1, 0.15) is 33.4 Å². The van der Waals surface area contributed by atoms with E-state index in [1.165, 1.54) is 202 Å². The van der Waals surface area contributed by atoms with Crippen LogP contribution in [0.25, 0.3) is 191 Å². The molecule has 0 unspecified atom stereocenters. The Morgan fingerprint density at radius 3 is 1.06 bits per heavy atom. The molecule has 120 heavy (non-hydrogen) atoms. The second-order valence-corrected chi connectivity index (χ2v) is 35.3. The van der Waals surface area contributed by atoms with Gasteiger partial charge >= 0.3 is 0 Å². The maximum atomic E-state index is 6.00. The van der Waals surface area contributed by atoms with Crippen molar-refractivity contribution >= 4 is 170 Å². The lowest BCUT2D eigenvalue weighted by Crippen LogP contribution is -1.78. The topological polar surface area (TPSA) is 26.3 Å². The molecule has 24 rings (SSSR count). The van der Waals surface area contributed by atoms with Crippen LogP contribution in [0, 0.1) is 41.5 Å². The van der Waals surface area contributed by atoms with Crippen molar-refractivity contribution in [3.05, 3.63) is 434 Å². The Morgan fingerprint density at radius 1 is 0.158 bits per heavy atom. The average Bonchev–Trinajstić information content (AvgIpc) is 1.61. The first-order valence-corrected chi connectivity index (χ1v) is 44.1. The number of aryl methyl sites for hydroxylation is 6. The van der Waals surface area contributed by atoms with Crippen LogP contribution in [-0.2, 0) is 0 Å². The van der Waals surface area contributed by atoms with E-state index in [9.17, 15) is 0 Å². The zero-order valence-electron chi connectivity index (χ0n) is 67.6. The fourth-order valence-corrected chi connectivity index (χ4v) is 21.4. The zero-order valence-corrected chi connectivity index (χ0v) is 70.8. The van der Waals surface area contributed by atoms with Crippen LogP contribution in [0.3, 0.4) is 0 Å². The number of hydrogen-bond donors (Lipinski definition) is 0. The van der Waals surface area contributed by atoms with Crippen LogP contribution in [0.4, 0.5) is 0 Å². The molecule has 0 aliphatic carbocycles. The van der Waals surface area contributed by atoms with Gasteiger partial charge in [-0.2, -0.15) is 0 Å². The fraction of sp³-hybridized carbons (Fsp3) is 0.0526. The van der Waals surface area contributed by atoms with Gasteiger partial charge in [-0.1, -0.05) is 322 Å². The predicted molar refractivity (Wildman–Crippen MR) is 526 cm³/mol. The summed E-state index contributed by atoms with van der Waals surface area (Å²) >= 11 is 7.55. The van der Waals surface area contributed by atoms with E-state index < -0.39 is 0 Å². The quantitative estimate of drug-likeness (QED) is 0.166. The van der Waals surface area contributed by atoms with Crippen molar-refractivity contribution in [2.45, 2.75) is 41.5 Å². The van der Waals surface area contributed by atoms with Gasteiger partial charge in [-0.25, -0.2) is 0 Å². The fourth-order valence-electron chi connectivity index (χ4n) is 16.4. The Labute approximate surface area is 715 Å². The van der Waals surface area contributed by atoms with Crippen LogP contribution in [0.15, 0.2) is 409 Å². The van der Waals surface area contributed by atoms with Gasteiger partial charge in [0, 0.05) is 102 Å². The van der Waals surface area contributed by atoms with Crippen molar-refractivity contribution in [2.24, 2.45) is 0 Å². The second-order valence-electron chi connectivity index (χ2n) is 31.0. The van der Waals surface area contributed by atoms with Crippen molar-refractivity contribution < 1.29 is 8.83 Å². The Bertz CT molecular complexity index is 7470. The van der Waals surface area contributed by atoms with E-state index in [0.717, 1.165) is 22.3 Å². The minimum Gasteiger partial charge on any atom is -0.456 e. The molecule has 2 nitrogen and oxygen atoms in total. The van der Waals surface area contributed by atoms with Crippen LogP contribution in [0.5, 0.6) is 0 Å². The molecule has 0 saturated carbocycles. The molecule has 6 heterocycles. The maximum Gasteiger partial charge on any atom is 0.136 e. The Kier molecular flexibility index (Phi) is 21.5. The van der Waals surface area contributed by atoms with Crippen molar-refractivity contribution in [1.82, 2.24) is 0 Å². The van der Waals surface area contributed by atoms with E-state index in [4.69, 9.17) is 8.83 Å². The van der Waals surface area contributed by atoms with Gasteiger partial charge in [-0.15, -0.1) is 45.3 Å². The first kappa shape index (κ1) is 76.4. The summed E-state index contributed by atoms with van der Waals surface area (Å²) in [5.74, 6) is 0. The van der Waals surface area contributed by atoms with Crippen LogP contribution in [0.2, 0.25) is 0 Å². The molecule has 0 radical (unpaired) electrons. The van der Waals surface area contributed by atoms with E-state index in [1.54, 1.807) is 0 Å². The van der Waals surface area contributed by atoms with E-state index >= 15 is 0 Å². The van der Waals surface area contributed by atoms with Gasteiger partial charge in [0.25, 0.3) is 0 Å². The third-order valence-corrected chi connectivity index (χ3v) is 27.0. The minimum absolute atomic E-state index is 0.949. The summed E-state index contributed by atoms with van der Waals surface area (Å²) in [6, 6.07) is 142. The van der Waals surface area contributed by atoms with Gasteiger partial charge in [0.1, 0.15) is 22.3 Å². The SMILES string of the molecule is Cc1ccc2c(c1)oc1ccc(-c3ccccc3)cc12.Cc1ccc2c(c1)oc1cccc(-c3ccccc3)c12.Cc1ccc2c(c1)sc1c(-c3ccccc3)cccc12.Cc1ccc2c(c1)sc1cc(-c3ccccc3)ccc12.Cc1ccc2c(c1)sc1ccc(-c3ccccc3)cc12.Cc1ccc2c(c1)sc1cccc(-c3ccccc3)c12. The van der Waals surface area contributed by atoms with E-state index in [2.05, 4.69) is 424 Å². The molecule has 6 heteroatoms. The van der Waals surface area contributed by atoms with Crippen LogP contribution >= 0.6 is 45.3 Å². The molecule has 0 fully saturated rings. The summed E-state index contributed by atoms with van der Waals surface area (Å²) in [5.41, 5.74) is 26.9. The highest BCUT2D eigenvalue weighted by Crippen LogP contribution is 2.45. The van der Waals surface area contributed by atoms with Gasteiger partial charge in [-0.3, -0.25) is 0 Å². The molecule has 0 bridgehead atoms. The van der Waals surface area contributed by atoms with Crippen LogP contribution in [-0.4, -0.2) is 0 Å². The van der Waals surface area contributed by atoms with Crippen molar-refractivity contribution in [2.75, 3.05) is 0 Å². The molecule has 0 saturated heterocycles. The van der Waals surface area contributed by atoms with Gasteiger partial charge < -0.3 is 8.83 Å². The maximum absolute atomic E-state index is 6.00. The molecule has 0 N–H and O–H groups in total. The Morgan fingerprint density at radius 2 is 0.508 bits per heavy atom. The summed E-state index contributed by atoms with van der Waals surface area (Å²) in [7, 11) is 0. The molecule has 576 valence electrons. The first-order valence-electron chi connectivity index (χ1n) is 40.8. The number of fused-ring (bicyclic) bond motifs is 18. The van der Waals surface area contributed by atoms with Crippen LogP contribution < -0.4 is 0 Å². The van der Waals surface area contributed by atoms with E-state index in [1.807, 2.05) is 63.5 Å². The third-order valence-electron chi connectivity index (χ3n) is 22.4. The monoisotopic (exact) mass is 1610 g/mol. The van der Waals surface area contributed by atoms with E-state index in [0.29, 0.717) is 0 Å². The molecular weight excluding hydrogens is 1530 g/mol. The summed E-state index contributed by atoms with van der Waals surface area (Å²) in [6.07, 6.45) is 0. The second kappa shape index (κ2) is 33.8. The highest BCUT2D eigenvalue weighted by molar-refractivity contribution is 7.27. The summed E-state index contributed by atoms with van der Waals surface area (Å²) in [6.45, 7) is 12.8. The highest BCUT2D eigenvalue weighted by atomic mass is 32.1. The van der Waals surface area contributed by atoms with Crippen molar-refractivity contribution in [3.63, 3.8) is 0 Å². The first-order chi connectivity index (χ1) is 58.9. The van der Waals surface area contributed by atoms with Gasteiger partial charge in [-0.05, 0) is 221 Å². The molecule has 0 aliphatic rings. The van der Waals surface area contributed by atoms with Crippen molar-refractivity contribution in [3.8, 4) is 66.8 Å². The number of furan rings is 2. The normalized spacial score (nSPS) is 11.2. The molecule has 0 spiro atoms. The third kappa shape index (κ3) is 15.9. The summed E-state index contributed by atoms with van der Waals surface area (Å²) < 4.78 is 22.9. The Hall–Kier alpha value is -13.6. The molecule has 6 aromatic heterocycles. The largest absolute Gasteiger partial charge is 0.456 e. The molecular formula is C114H84O2S4. The van der Waals surface area contributed by atoms with Gasteiger partial charge in [0.15, 0.2) is 0 Å². The molecule has 24 aromatic rings. The molecule has 0 atom stereocenters.